The summed E-state index contributed by atoms with van der Waals surface area (Å²) in [6.07, 6.45) is 0.827. The highest BCUT2D eigenvalue weighted by Crippen LogP contribution is 1.77. The second-order valence-corrected chi connectivity index (χ2v) is 2.26. The summed E-state index contributed by atoms with van der Waals surface area (Å²) < 4.78 is 5.09. The zero-order valence-corrected chi connectivity index (χ0v) is 7.08. The quantitative estimate of drug-likeness (QED) is 0.410. The van der Waals surface area contributed by atoms with E-state index >= 15 is 0 Å². The number of hydrogen-bond acceptors (Lipinski definition) is 4. The van der Waals surface area contributed by atoms with Gasteiger partial charge in [0.2, 0.25) is 5.91 Å². The molecule has 0 aliphatic rings. The fourth-order valence-electron chi connectivity index (χ4n) is 0.606. The van der Waals surface area contributed by atoms with Crippen LogP contribution in [0.25, 0.3) is 0 Å². The minimum absolute atomic E-state index is 0.377. The number of ether oxygens (including phenoxy) is 1. The monoisotopic (exact) mass is 176 g/mol. The third-order valence-corrected chi connectivity index (χ3v) is 1.20. The SMILES string of the molecule is NCCCOCCNC(=O)CO. The Labute approximate surface area is 71.9 Å². The van der Waals surface area contributed by atoms with Crippen molar-refractivity contribution in [3.63, 3.8) is 0 Å². The number of aliphatic hydroxyl groups excluding tert-OH is 1. The van der Waals surface area contributed by atoms with Crippen LogP contribution in [0.3, 0.4) is 0 Å². The molecule has 0 heterocycles. The topological polar surface area (TPSA) is 84.6 Å². The summed E-state index contributed by atoms with van der Waals surface area (Å²) >= 11 is 0. The predicted octanol–water partition coefficient (Wildman–Crippen LogP) is -1.54. The summed E-state index contributed by atoms with van der Waals surface area (Å²) in [5.74, 6) is -0.377. The first-order chi connectivity index (χ1) is 5.81. The highest BCUT2D eigenvalue weighted by atomic mass is 16.5. The number of carbonyl (C=O) groups is 1. The van der Waals surface area contributed by atoms with Gasteiger partial charge >= 0.3 is 0 Å². The summed E-state index contributed by atoms with van der Waals surface area (Å²) in [6, 6.07) is 0. The molecule has 0 bridgehead atoms. The molecule has 4 N–H and O–H groups in total. The number of amides is 1. The van der Waals surface area contributed by atoms with Crippen LogP contribution in [0.5, 0.6) is 0 Å². The van der Waals surface area contributed by atoms with Gasteiger partial charge in [-0.15, -0.1) is 0 Å². The molecule has 0 saturated carbocycles. The second-order valence-electron chi connectivity index (χ2n) is 2.26. The molecule has 0 atom stereocenters. The van der Waals surface area contributed by atoms with Gasteiger partial charge in [0.25, 0.3) is 0 Å². The lowest BCUT2D eigenvalue weighted by Crippen LogP contribution is -2.29. The average Bonchev–Trinajstić information content (AvgIpc) is 2.10. The van der Waals surface area contributed by atoms with Crippen molar-refractivity contribution < 1.29 is 14.6 Å². The Hall–Kier alpha value is -0.650. The third-order valence-electron chi connectivity index (χ3n) is 1.20. The second kappa shape index (κ2) is 8.45. The van der Waals surface area contributed by atoms with Crippen molar-refractivity contribution in [2.45, 2.75) is 6.42 Å². The van der Waals surface area contributed by atoms with Crippen LogP contribution in [-0.2, 0) is 9.53 Å². The maximum Gasteiger partial charge on any atom is 0.245 e. The lowest BCUT2D eigenvalue weighted by molar-refractivity contribution is -0.124. The molecule has 1 amide bonds. The molecular formula is C7H16N2O3. The summed E-state index contributed by atoms with van der Waals surface area (Å²) in [4.78, 5) is 10.5. The van der Waals surface area contributed by atoms with Gasteiger partial charge in [0.15, 0.2) is 0 Å². The number of nitrogens with two attached hydrogens (primary N) is 1. The van der Waals surface area contributed by atoms with E-state index in [0.29, 0.717) is 26.3 Å². The molecule has 0 aliphatic heterocycles. The fourth-order valence-corrected chi connectivity index (χ4v) is 0.606. The van der Waals surface area contributed by atoms with Crippen LogP contribution in [0.15, 0.2) is 0 Å². The van der Waals surface area contributed by atoms with Crippen LogP contribution in [-0.4, -0.2) is 43.9 Å². The highest BCUT2D eigenvalue weighted by Gasteiger charge is 1.95. The third kappa shape index (κ3) is 7.46. The van der Waals surface area contributed by atoms with Gasteiger partial charge in [0.05, 0.1) is 6.61 Å². The maximum atomic E-state index is 10.5. The van der Waals surface area contributed by atoms with Crippen LogP contribution >= 0.6 is 0 Å². The van der Waals surface area contributed by atoms with Crippen molar-refractivity contribution in [2.75, 3.05) is 32.9 Å². The minimum atomic E-state index is -0.469. The lowest BCUT2D eigenvalue weighted by atomic mass is 10.5. The minimum Gasteiger partial charge on any atom is -0.387 e. The van der Waals surface area contributed by atoms with E-state index in [1.165, 1.54) is 0 Å². The van der Waals surface area contributed by atoms with E-state index in [1.54, 1.807) is 0 Å². The molecular weight excluding hydrogens is 160 g/mol. The van der Waals surface area contributed by atoms with E-state index in [2.05, 4.69) is 5.32 Å². The van der Waals surface area contributed by atoms with E-state index in [1.807, 2.05) is 0 Å². The Morgan fingerprint density at radius 3 is 2.83 bits per heavy atom. The Kier molecular flexibility index (Phi) is 7.99. The predicted molar refractivity (Wildman–Crippen MR) is 44.6 cm³/mol. The number of nitrogens with one attached hydrogen (secondary N) is 1. The molecule has 0 aliphatic carbocycles. The number of hydrogen-bond donors (Lipinski definition) is 3. The van der Waals surface area contributed by atoms with E-state index in [-0.39, 0.29) is 5.91 Å². The lowest BCUT2D eigenvalue weighted by Gasteiger charge is -2.03. The van der Waals surface area contributed by atoms with Crippen molar-refractivity contribution in [3.8, 4) is 0 Å². The van der Waals surface area contributed by atoms with Crippen LogP contribution < -0.4 is 11.1 Å². The zero-order chi connectivity index (χ0) is 9.23. The Morgan fingerprint density at radius 1 is 1.50 bits per heavy atom. The van der Waals surface area contributed by atoms with E-state index in [9.17, 15) is 4.79 Å². The molecule has 0 spiro atoms. The van der Waals surface area contributed by atoms with Crippen LogP contribution in [0.1, 0.15) is 6.42 Å². The van der Waals surface area contributed by atoms with E-state index in [4.69, 9.17) is 15.6 Å². The number of rotatable bonds is 7. The highest BCUT2D eigenvalue weighted by molar-refractivity contribution is 5.76. The fraction of sp³-hybridized carbons (Fsp3) is 0.857. The molecule has 5 nitrogen and oxygen atoms in total. The molecule has 12 heavy (non-hydrogen) atoms. The molecule has 72 valence electrons. The molecule has 0 aromatic carbocycles. The van der Waals surface area contributed by atoms with E-state index < -0.39 is 6.61 Å². The van der Waals surface area contributed by atoms with Crippen molar-refractivity contribution in [1.29, 1.82) is 0 Å². The molecule has 0 radical (unpaired) electrons. The standard InChI is InChI=1S/C7H16N2O3/c8-2-1-4-12-5-3-9-7(11)6-10/h10H,1-6,8H2,(H,9,11). The molecule has 0 saturated heterocycles. The van der Waals surface area contributed by atoms with Gasteiger partial charge in [0, 0.05) is 13.2 Å². The van der Waals surface area contributed by atoms with Crippen LogP contribution in [0.4, 0.5) is 0 Å². The zero-order valence-electron chi connectivity index (χ0n) is 7.08. The van der Waals surface area contributed by atoms with Gasteiger partial charge in [-0.05, 0) is 13.0 Å². The summed E-state index contributed by atoms with van der Waals surface area (Å²) in [5, 5.41) is 10.8. The molecule has 0 aromatic rings. The van der Waals surface area contributed by atoms with E-state index in [0.717, 1.165) is 6.42 Å². The van der Waals surface area contributed by atoms with Gasteiger partial charge in [-0.25, -0.2) is 0 Å². The molecule has 5 heteroatoms. The van der Waals surface area contributed by atoms with Crippen molar-refractivity contribution in [3.05, 3.63) is 0 Å². The van der Waals surface area contributed by atoms with Crippen LogP contribution in [0.2, 0.25) is 0 Å². The largest absolute Gasteiger partial charge is 0.387 e. The van der Waals surface area contributed by atoms with Gasteiger partial charge in [-0.2, -0.15) is 0 Å². The Morgan fingerprint density at radius 2 is 2.25 bits per heavy atom. The summed E-state index contributed by atoms with van der Waals surface area (Å²) in [6.45, 7) is 1.66. The first-order valence-corrected chi connectivity index (χ1v) is 3.96. The number of aliphatic hydroxyl groups is 1. The Bertz CT molecular complexity index is 119. The Balaban J connectivity index is 2.95. The molecule has 0 fully saturated rings. The maximum absolute atomic E-state index is 10.5. The first kappa shape index (κ1) is 11.4. The molecule has 0 rings (SSSR count). The van der Waals surface area contributed by atoms with Crippen molar-refractivity contribution >= 4 is 5.91 Å². The first-order valence-electron chi connectivity index (χ1n) is 3.96. The normalized spacial score (nSPS) is 9.83. The molecule has 0 unspecified atom stereocenters. The average molecular weight is 176 g/mol. The number of carbonyl (C=O) groups excluding carboxylic acids is 1. The van der Waals surface area contributed by atoms with Gasteiger partial charge in [-0.3, -0.25) is 4.79 Å². The van der Waals surface area contributed by atoms with Crippen molar-refractivity contribution in [2.24, 2.45) is 5.73 Å². The van der Waals surface area contributed by atoms with Gasteiger partial charge in [0.1, 0.15) is 6.61 Å². The summed E-state index contributed by atoms with van der Waals surface area (Å²) in [5.41, 5.74) is 5.23. The van der Waals surface area contributed by atoms with Crippen molar-refractivity contribution in [1.82, 2.24) is 5.32 Å². The smallest absolute Gasteiger partial charge is 0.245 e. The van der Waals surface area contributed by atoms with Gasteiger partial charge < -0.3 is 20.9 Å². The summed E-state index contributed by atoms with van der Waals surface area (Å²) in [7, 11) is 0. The van der Waals surface area contributed by atoms with Crippen LogP contribution in [0, 0.1) is 0 Å². The molecule has 0 aromatic heterocycles. The van der Waals surface area contributed by atoms with Gasteiger partial charge in [-0.1, -0.05) is 0 Å².